The lowest BCUT2D eigenvalue weighted by Crippen LogP contribution is -2.20. The Morgan fingerprint density at radius 2 is 1.96 bits per heavy atom. The molecule has 1 saturated carbocycles. The van der Waals surface area contributed by atoms with Crippen molar-refractivity contribution in [2.75, 3.05) is 11.9 Å². The quantitative estimate of drug-likeness (QED) is 0.922. The molecular weight excluding hydrogens is 290 g/mol. The molecule has 1 N–H and O–H groups in total. The van der Waals surface area contributed by atoms with Gasteiger partial charge in [0, 0.05) is 5.92 Å². The second-order valence-electron chi connectivity index (χ2n) is 6.23. The van der Waals surface area contributed by atoms with Gasteiger partial charge < -0.3 is 10.1 Å². The van der Waals surface area contributed by atoms with Crippen LogP contribution in [0.3, 0.4) is 0 Å². The minimum absolute atomic E-state index is 0.0108. The topological polar surface area (TPSA) is 64.1 Å². The minimum Gasteiger partial charge on any atom is -0.484 e. The number of hydrogen-bond acceptors (Lipinski definition) is 4. The van der Waals surface area contributed by atoms with Crippen LogP contribution in [-0.4, -0.2) is 22.5 Å². The third-order valence-electron chi connectivity index (χ3n) is 4.34. The number of carbonyl (C=O) groups excluding carboxylic acids is 1. The SMILES string of the molecule is O=C(COc1ccc2c(c1)CCC2)Nc1cnc(C2CC2)nc1. The molecule has 0 spiro atoms. The van der Waals surface area contributed by atoms with Gasteiger partial charge in [-0.2, -0.15) is 0 Å². The fourth-order valence-electron chi connectivity index (χ4n) is 2.94. The van der Waals surface area contributed by atoms with Crippen LogP contribution >= 0.6 is 0 Å². The highest BCUT2D eigenvalue weighted by atomic mass is 16.5. The first-order valence-corrected chi connectivity index (χ1v) is 8.14. The molecule has 1 fully saturated rings. The summed E-state index contributed by atoms with van der Waals surface area (Å²) in [6, 6.07) is 6.08. The summed E-state index contributed by atoms with van der Waals surface area (Å²) in [5.74, 6) is 1.94. The number of hydrogen-bond donors (Lipinski definition) is 1. The van der Waals surface area contributed by atoms with Gasteiger partial charge in [-0.25, -0.2) is 9.97 Å². The summed E-state index contributed by atoms with van der Waals surface area (Å²) in [6.45, 7) is -0.0108. The lowest BCUT2D eigenvalue weighted by atomic mass is 10.1. The van der Waals surface area contributed by atoms with E-state index in [1.54, 1.807) is 12.4 Å². The van der Waals surface area contributed by atoms with Crippen molar-refractivity contribution >= 4 is 11.6 Å². The number of aromatic nitrogens is 2. The Morgan fingerprint density at radius 1 is 1.17 bits per heavy atom. The molecule has 1 aromatic heterocycles. The maximum Gasteiger partial charge on any atom is 0.262 e. The largest absolute Gasteiger partial charge is 0.484 e. The van der Waals surface area contributed by atoms with E-state index in [-0.39, 0.29) is 12.5 Å². The molecule has 23 heavy (non-hydrogen) atoms. The minimum atomic E-state index is -0.201. The molecule has 118 valence electrons. The molecule has 0 bridgehead atoms. The molecule has 0 aliphatic heterocycles. The highest BCUT2D eigenvalue weighted by Crippen LogP contribution is 2.37. The smallest absolute Gasteiger partial charge is 0.262 e. The van der Waals surface area contributed by atoms with Gasteiger partial charge in [-0.1, -0.05) is 6.07 Å². The van der Waals surface area contributed by atoms with Crippen LogP contribution in [0.25, 0.3) is 0 Å². The molecule has 0 radical (unpaired) electrons. The van der Waals surface area contributed by atoms with Crippen molar-refractivity contribution in [1.29, 1.82) is 0 Å². The maximum atomic E-state index is 12.0. The Hall–Kier alpha value is -2.43. The number of rotatable bonds is 5. The highest BCUT2D eigenvalue weighted by molar-refractivity contribution is 5.91. The molecular formula is C18H19N3O2. The molecule has 0 atom stereocenters. The van der Waals surface area contributed by atoms with Gasteiger partial charge in [0.25, 0.3) is 5.91 Å². The summed E-state index contributed by atoms with van der Waals surface area (Å²) >= 11 is 0. The van der Waals surface area contributed by atoms with Crippen LogP contribution in [0.15, 0.2) is 30.6 Å². The average Bonchev–Trinajstić information content (AvgIpc) is 3.31. The summed E-state index contributed by atoms with van der Waals surface area (Å²) < 4.78 is 5.58. The first-order valence-electron chi connectivity index (χ1n) is 8.14. The summed E-state index contributed by atoms with van der Waals surface area (Å²) in [7, 11) is 0. The molecule has 5 heteroatoms. The molecule has 2 aliphatic rings. The lowest BCUT2D eigenvalue weighted by Gasteiger charge is -2.09. The van der Waals surface area contributed by atoms with E-state index in [9.17, 15) is 4.79 Å². The maximum absolute atomic E-state index is 12.0. The predicted molar refractivity (Wildman–Crippen MR) is 86.6 cm³/mol. The van der Waals surface area contributed by atoms with E-state index in [4.69, 9.17) is 4.74 Å². The van der Waals surface area contributed by atoms with Crippen molar-refractivity contribution in [3.05, 3.63) is 47.5 Å². The Morgan fingerprint density at radius 3 is 2.74 bits per heavy atom. The molecule has 1 aromatic carbocycles. The monoisotopic (exact) mass is 309 g/mol. The van der Waals surface area contributed by atoms with E-state index < -0.39 is 0 Å². The Kier molecular flexibility index (Phi) is 3.69. The average molecular weight is 309 g/mol. The van der Waals surface area contributed by atoms with Gasteiger partial charge >= 0.3 is 0 Å². The van der Waals surface area contributed by atoms with E-state index >= 15 is 0 Å². The third kappa shape index (κ3) is 3.33. The van der Waals surface area contributed by atoms with Crippen LogP contribution in [0.4, 0.5) is 5.69 Å². The number of amides is 1. The van der Waals surface area contributed by atoms with E-state index in [1.165, 1.54) is 30.4 Å². The van der Waals surface area contributed by atoms with Crippen LogP contribution in [0.1, 0.15) is 42.1 Å². The molecule has 5 nitrogen and oxygen atoms in total. The normalized spacial score (nSPS) is 16.0. The molecule has 1 amide bonds. The molecule has 1 heterocycles. The Bertz CT molecular complexity index is 724. The molecule has 0 unspecified atom stereocenters. The molecule has 2 aliphatic carbocycles. The van der Waals surface area contributed by atoms with E-state index in [2.05, 4.69) is 21.4 Å². The zero-order valence-corrected chi connectivity index (χ0v) is 12.9. The van der Waals surface area contributed by atoms with Crippen molar-refractivity contribution in [1.82, 2.24) is 9.97 Å². The van der Waals surface area contributed by atoms with Crippen molar-refractivity contribution in [3.8, 4) is 5.75 Å². The summed E-state index contributed by atoms with van der Waals surface area (Å²) in [6.07, 6.45) is 9.11. The van der Waals surface area contributed by atoms with Gasteiger partial charge in [-0.05, 0) is 55.4 Å². The van der Waals surface area contributed by atoms with E-state index in [0.29, 0.717) is 11.6 Å². The second-order valence-corrected chi connectivity index (χ2v) is 6.23. The lowest BCUT2D eigenvalue weighted by molar-refractivity contribution is -0.118. The molecule has 2 aromatic rings. The number of anilines is 1. The third-order valence-corrected chi connectivity index (χ3v) is 4.34. The van der Waals surface area contributed by atoms with Crippen molar-refractivity contribution in [2.24, 2.45) is 0 Å². The zero-order valence-electron chi connectivity index (χ0n) is 12.9. The molecule has 4 rings (SSSR count). The number of ether oxygens (including phenoxy) is 1. The number of aryl methyl sites for hydroxylation is 2. The second kappa shape index (κ2) is 5.99. The Balaban J connectivity index is 1.31. The van der Waals surface area contributed by atoms with Crippen LogP contribution in [0, 0.1) is 0 Å². The summed E-state index contributed by atoms with van der Waals surface area (Å²) in [5, 5.41) is 2.76. The molecule has 0 saturated heterocycles. The van der Waals surface area contributed by atoms with Gasteiger partial charge in [0.2, 0.25) is 0 Å². The first-order chi connectivity index (χ1) is 11.3. The highest BCUT2D eigenvalue weighted by Gasteiger charge is 2.26. The fraction of sp³-hybridized carbons (Fsp3) is 0.389. The van der Waals surface area contributed by atoms with Gasteiger partial charge in [0.15, 0.2) is 6.61 Å². The first kappa shape index (κ1) is 14.2. The van der Waals surface area contributed by atoms with Crippen molar-refractivity contribution in [2.45, 2.75) is 38.0 Å². The summed E-state index contributed by atoms with van der Waals surface area (Å²) in [4.78, 5) is 20.5. The fourth-order valence-corrected chi connectivity index (χ4v) is 2.94. The van der Waals surface area contributed by atoms with Crippen molar-refractivity contribution in [3.63, 3.8) is 0 Å². The van der Waals surface area contributed by atoms with Crippen molar-refractivity contribution < 1.29 is 9.53 Å². The summed E-state index contributed by atoms with van der Waals surface area (Å²) in [5.41, 5.74) is 3.35. The van der Waals surface area contributed by atoms with Gasteiger partial charge in [0.1, 0.15) is 11.6 Å². The number of fused-ring (bicyclic) bond motifs is 1. The number of nitrogens with zero attached hydrogens (tertiary/aromatic N) is 2. The number of benzene rings is 1. The standard InChI is InChI=1S/C18H19N3O2/c22-17(21-15-9-19-18(20-10-15)13-4-5-13)11-23-16-7-6-12-2-1-3-14(12)8-16/h6-10,13H,1-5,11H2,(H,21,22). The van der Waals surface area contributed by atoms with Gasteiger partial charge in [-0.3, -0.25) is 4.79 Å². The zero-order chi connectivity index (χ0) is 15.6. The number of carbonyl (C=O) groups is 1. The van der Waals surface area contributed by atoms with Crippen LogP contribution in [0.2, 0.25) is 0 Å². The van der Waals surface area contributed by atoms with Gasteiger partial charge in [0.05, 0.1) is 18.1 Å². The van der Waals surface area contributed by atoms with Crippen LogP contribution < -0.4 is 10.1 Å². The van der Waals surface area contributed by atoms with Crippen LogP contribution in [0.5, 0.6) is 5.75 Å². The van der Waals surface area contributed by atoms with E-state index in [1.807, 2.05) is 12.1 Å². The van der Waals surface area contributed by atoms with Gasteiger partial charge in [-0.15, -0.1) is 0 Å². The van der Waals surface area contributed by atoms with E-state index in [0.717, 1.165) is 24.4 Å². The predicted octanol–water partition coefficient (Wildman–Crippen LogP) is 2.86. The Labute approximate surface area is 135 Å². The number of nitrogens with one attached hydrogen (secondary N) is 1. The van der Waals surface area contributed by atoms with Crippen LogP contribution in [-0.2, 0) is 17.6 Å².